The molecule has 0 aliphatic rings. The van der Waals surface area contributed by atoms with Gasteiger partial charge in [-0.1, -0.05) is 53.7 Å². The van der Waals surface area contributed by atoms with Crippen LogP contribution in [0.25, 0.3) is 0 Å². The van der Waals surface area contributed by atoms with E-state index >= 15 is 0 Å². The molecular formula is C20H32O2. The van der Waals surface area contributed by atoms with Gasteiger partial charge in [-0.25, -0.2) is 0 Å². The molecule has 0 aromatic heterocycles. The highest BCUT2D eigenvalue weighted by atomic mass is 16.5. The summed E-state index contributed by atoms with van der Waals surface area (Å²) in [4.78, 5) is 11.7. The second-order valence-corrected chi connectivity index (χ2v) is 7.21. The fourth-order valence-electron chi connectivity index (χ4n) is 2.35. The van der Waals surface area contributed by atoms with Crippen LogP contribution in [0.1, 0.15) is 71.4 Å². The maximum absolute atomic E-state index is 11.7. The number of benzene rings is 1. The maximum Gasteiger partial charge on any atom is 0.135 e. The minimum atomic E-state index is 0.151. The molecule has 2 nitrogen and oxygen atoms in total. The van der Waals surface area contributed by atoms with Crippen molar-refractivity contribution in [1.82, 2.24) is 0 Å². The smallest absolute Gasteiger partial charge is 0.135 e. The lowest BCUT2D eigenvalue weighted by atomic mass is 9.96. The molecule has 124 valence electrons. The molecule has 0 fully saturated rings. The zero-order valence-corrected chi connectivity index (χ0v) is 15.1. The van der Waals surface area contributed by atoms with E-state index in [1.54, 1.807) is 0 Å². The second-order valence-electron chi connectivity index (χ2n) is 7.21. The number of hydrogen-bond donors (Lipinski definition) is 0. The molecule has 2 heteroatoms. The fraction of sp³-hybridized carbons (Fsp3) is 0.650. The lowest BCUT2D eigenvalue weighted by molar-refractivity contribution is -0.121. The van der Waals surface area contributed by atoms with Gasteiger partial charge in [0, 0.05) is 12.3 Å². The largest absolute Gasteiger partial charge is 0.493 e. The Balaban J connectivity index is 2.69. The Kier molecular flexibility index (Phi) is 7.64. The zero-order chi connectivity index (χ0) is 16.7. The van der Waals surface area contributed by atoms with Crippen LogP contribution < -0.4 is 4.74 Å². The van der Waals surface area contributed by atoms with Crippen molar-refractivity contribution in [2.75, 3.05) is 6.61 Å². The zero-order valence-electron chi connectivity index (χ0n) is 15.1. The lowest BCUT2D eigenvalue weighted by Crippen LogP contribution is -2.08. The first-order chi connectivity index (χ1) is 10.3. The first-order valence-electron chi connectivity index (χ1n) is 8.59. The van der Waals surface area contributed by atoms with Crippen molar-refractivity contribution < 1.29 is 9.53 Å². The van der Waals surface area contributed by atoms with E-state index in [4.69, 9.17) is 4.74 Å². The molecule has 0 saturated heterocycles. The average molecular weight is 304 g/mol. The van der Waals surface area contributed by atoms with Gasteiger partial charge in [-0.15, -0.1) is 0 Å². The van der Waals surface area contributed by atoms with Gasteiger partial charge in [-0.2, -0.15) is 0 Å². The van der Waals surface area contributed by atoms with Crippen molar-refractivity contribution in [2.24, 2.45) is 11.8 Å². The predicted molar refractivity (Wildman–Crippen MR) is 93.6 cm³/mol. The van der Waals surface area contributed by atoms with E-state index in [-0.39, 0.29) is 5.92 Å². The molecule has 0 amide bonds. The van der Waals surface area contributed by atoms with Crippen LogP contribution in [0.4, 0.5) is 0 Å². The summed E-state index contributed by atoms with van der Waals surface area (Å²) in [5, 5.41) is 0. The first-order valence-corrected chi connectivity index (χ1v) is 8.59. The van der Waals surface area contributed by atoms with E-state index < -0.39 is 0 Å². The van der Waals surface area contributed by atoms with Crippen LogP contribution in [0, 0.1) is 11.8 Å². The molecule has 0 spiro atoms. The fourth-order valence-corrected chi connectivity index (χ4v) is 2.35. The number of ether oxygens (including phenoxy) is 1. The van der Waals surface area contributed by atoms with Crippen LogP contribution in [0.2, 0.25) is 0 Å². The average Bonchev–Trinajstić information content (AvgIpc) is 2.45. The van der Waals surface area contributed by atoms with E-state index in [9.17, 15) is 4.79 Å². The quantitative estimate of drug-likeness (QED) is 0.611. The standard InChI is InChI=1S/C20H32O2/c1-14(2)13-22-20-11-10-17(12-18(20)15(3)4)8-7-9-19(21)16(5)6/h10-12,14-16H,7-9,13H2,1-6H3. The summed E-state index contributed by atoms with van der Waals surface area (Å²) in [7, 11) is 0. The Morgan fingerprint density at radius 2 is 1.77 bits per heavy atom. The van der Waals surface area contributed by atoms with Crippen LogP contribution in [0.3, 0.4) is 0 Å². The minimum Gasteiger partial charge on any atom is -0.493 e. The molecule has 0 atom stereocenters. The molecular weight excluding hydrogens is 272 g/mol. The number of Topliss-reactive ketones (excluding diaryl/α,β-unsaturated/α-hetero) is 1. The van der Waals surface area contributed by atoms with E-state index in [1.807, 2.05) is 13.8 Å². The van der Waals surface area contributed by atoms with E-state index in [2.05, 4.69) is 45.9 Å². The van der Waals surface area contributed by atoms with Crippen LogP contribution in [0.15, 0.2) is 18.2 Å². The maximum atomic E-state index is 11.7. The molecule has 0 radical (unpaired) electrons. The van der Waals surface area contributed by atoms with Crippen molar-refractivity contribution >= 4 is 5.78 Å². The third kappa shape index (κ3) is 6.21. The lowest BCUT2D eigenvalue weighted by Gasteiger charge is -2.17. The SMILES string of the molecule is CC(C)COc1ccc(CCCC(=O)C(C)C)cc1C(C)C. The van der Waals surface area contributed by atoms with Crippen molar-refractivity contribution in [3.05, 3.63) is 29.3 Å². The third-order valence-corrected chi connectivity index (χ3v) is 3.80. The van der Waals surface area contributed by atoms with Gasteiger partial charge in [-0.3, -0.25) is 4.79 Å². The number of aryl methyl sites for hydroxylation is 1. The van der Waals surface area contributed by atoms with Crippen molar-refractivity contribution in [2.45, 2.75) is 66.7 Å². The Morgan fingerprint density at radius 1 is 1.09 bits per heavy atom. The van der Waals surface area contributed by atoms with Gasteiger partial charge < -0.3 is 4.74 Å². The van der Waals surface area contributed by atoms with E-state index in [0.29, 0.717) is 24.0 Å². The summed E-state index contributed by atoms with van der Waals surface area (Å²) in [6.07, 6.45) is 2.57. The van der Waals surface area contributed by atoms with E-state index in [0.717, 1.165) is 25.2 Å². The van der Waals surface area contributed by atoms with Gasteiger partial charge in [0.25, 0.3) is 0 Å². The third-order valence-electron chi connectivity index (χ3n) is 3.80. The van der Waals surface area contributed by atoms with Crippen molar-refractivity contribution in [1.29, 1.82) is 0 Å². The number of rotatable bonds is 9. The number of carbonyl (C=O) groups is 1. The van der Waals surface area contributed by atoms with Gasteiger partial charge in [-0.05, 0) is 41.9 Å². The molecule has 1 rings (SSSR count). The Labute approximate surface area is 136 Å². The van der Waals surface area contributed by atoms with Crippen LogP contribution >= 0.6 is 0 Å². The monoisotopic (exact) mass is 304 g/mol. The highest BCUT2D eigenvalue weighted by molar-refractivity contribution is 5.80. The van der Waals surface area contributed by atoms with Crippen LogP contribution in [-0.2, 0) is 11.2 Å². The summed E-state index contributed by atoms with van der Waals surface area (Å²) >= 11 is 0. The molecule has 0 unspecified atom stereocenters. The molecule has 0 bridgehead atoms. The van der Waals surface area contributed by atoms with Gasteiger partial charge in [0.15, 0.2) is 0 Å². The second kappa shape index (κ2) is 8.97. The topological polar surface area (TPSA) is 26.3 Å². The number of ketones is 1. The van der Waals surface area contributed by atoms with Gasteiger partial charge >= 0.3 is 0 Å². The number of carbonyl (C=O) groups excluding carboxylic acids is 1. The summed E-state index contributed by atoms with van der Waals surface area (Å²) in [5.41, 5.74) is 2.57. The van der Waals surface area contributed by atoms with Crippen LogP contribution in [0.5, 0.6) is 5.75 Å². The van der Waals surface area contributed by atoms with E-state index in [1.165, 1.54) is 11.1 Å². The molecule has 0 aliphatic carbocycles. The van der Waals surface area contributed by atoms with Gasteiger partial charge in [0.05, 0.1) is 6.61 Å². The molecule has 1 aromatic carbocycles. The summed E-state index contributed by atoms with van der Waals surface area (Å²) in [6.45, 7) is 13.4. The highest BCUT2D eigenvalue weighted by Gasteiger charge is 2.11. The Bertz CT molecular complexity index is 473. The molecule has 0 heterocycles. The van der Waals surface area contributed by atoms with Gasteiger partial charge in [0.1, 0.15) is 11.5 Å². The Hall–Kier alpha value is -1.31. The molecule has 0 saturated carbocycles. The summed E-state index contributed by atoms with van der Waals surface area (Å²) in [6, 6.07) is 6.49. The summed E-state index contributed by atoms with van der Waals surface area (Å²) in [5.74, 6) is 2.49. The summed E-state index contributed by atoms with van der Waals surface area (Å²) < 4.78 is 5.93. The normalized spacial score (nSPS) is 11.5. The van der Waals surface area contributed by atoms with Crippen molar-refractivity contribution in [3.8, 4) is 5.75 Å². The highest BCUT2D eigenvalue weighted by Crippen LogP contribution is 2.28. The molecule has 0 aliphatic heterocycles. The number of hydrogen-bond acceptors (Lipinski definition) is 2. The van der Waals surface area contributed by atoms with Crippen molar-refractivity contribution in [3.63, 3.8) is 0 Å². The first kappa shape index (κ1) is 18.7. The molecule has 1 aromatic rings. The molecule has 22 heavy (non-hydrogen) atoms. The minimum absolute atomic E-state index is 0.151. The van der Waals surface area contributed by atoms with Gasteiger partial charge in [0.2, 0.25) is 0 Å². The van der Waals surface area contributed by atoms with Crippen LogP contribution in [-0.4, -0.2) is 12.4 Å². The predicted octanol–water partition coefficient (Wildman–Crippen LogP) is 5.39. The molecule has 0 N–H and O–H groups in total. The Morgan fingerprint density at radius 3 is 2.32 bits per heavy atom.